The second-order valence-electron chi connectivity index (χ2n) is 5.50. The summed E-state index contributed by atoms with van der Waals surface area (Å²) in [4.78, 5) is 11.1. The molecule has 23 heavy (non-hydrogen) atoms. The molecular weight excluding hydrogens is 290 g/mol. The van der Waals surface area contributed by atoms with Crippen LogP contribution in [0.3, 0.4) is 0 Å². The second-order valence-corrected chi connectivity index (χ2v) is 5.50. The third kappa shape index (κ3) is 5.41. The van der Waals surface area contributed by atoms with E-state index in [1.54, 1.807) is 0 Å². The fourth-order valence-corrected chi connectivity index (χ4v) is 2.09. The summed E-state index contributed by atoms with van der Waals surface area (Å²) in [6.07, 6.45) is 0. The van der Waals surface area contributed by atoms with Gasteiger partial charge in [0.25, 0.3) is 0 Å². The first-order chi connectivity index (χ1) is 11.1. The van der Waals surface area contributed by atoms with Crippen LogP contribution in [0.1, 0.15) is 12.6 Å². The quantitative estimate of drug-likeness (QED) is 0.781. The topological polar surface area (TPSA) is 62.3 Å². The molecule has 0 atom stereocenters. The molecule has 0 radical (unpaired) electrons. The first kappa shape index (κ1) is 17.0. The predicted molar refractivity (Wildman–Crippen MR) is 94.7 cm³/mol. The van der Waals surface area contributed by atoms with Gasteiger partial charge in [0, 0.05) is 24.8 Å². The number of anilines is 3. The molecule has 2 aromatic rings. The van der Waals surface area contributed by atoms with Crippen LogP contribution in [0.4, 0.5) is 17.5 Å². The summed E-state index contributed by atoms with van der Waals surface area (Å²) in [5.41, 5.74) is 1.80. The van der Waals surface area contributed by atoms with Crippen molar-refractivity contribution in [3.8, 4) is 5.75 Å². The van der Waals surface area contributed by atoms with Crippen LogP contribution in [-0.2, 0) is 0 Å². The summed E-state index contributed by atoms with van der Waals surface area (Å²) in [7, 11) is 4.08. The number of likely N-dealkylation sites (N-methyl/N-ethyl adjacent to an activating group) is 1. The van der Waals surface area contributed by atoms with Crippen molar-refractivity contribution in [3.63, 3.8) is 0 Å². The number of ether oxygens (including phenoxy) is 1. The van der Waals surface area contributed by atoms with E-state index in [1.165, 1.54) is 0 Å². The Hall–Kier alpha value is -2.34. The Bertz CT molecular complexity index is 630. The number of benzene rings is 1. The highest BCUT2D eigenvalue weighted by atomic mass is 16.5. The number of aryl methyl sites for hydroxylation is 1. The van der Waals surface area contributed by atoms with E-state index in [0.29, 0.717) is 12.6 Å². The first-order valence-corrected chi connectivity index (χ1v) is 7.81. The molecule has 0 bridgehead atoms. The Morgan fingerprint density at radius 1 is 1.17 bits per heavy atom. The zero-order valence-electron chi connectivity index (χ0n) is 14.3. The minimum atomic E-state index is 0.624. The second kappa shape index (κ2) is 8.33. The van der Waals surface area contributed by atoms with Gasteiger partial charge in [-0.25, -0.2) is 4.98 Å². The maximum absolute atomic E-state index is 5.63. The molecule has 0 unspecified atom stereocenters. The smallest absolute Gasteiger partial charge is 0.224 e. The van der Waals surface area contributed by atoms with Crippen LogP contribution in [0, 0.1) is 6.92 Å². The van der Waals surface area contributed by atoms with Gasteiger partial charge in [0.05, 0.1) is 12.3 Å². The summed E-state index contributed by atoms with van der Waals surface area (Å²) in [5, 5.41) is 6.56. The van der Waals surface area contributed by atoms with E-state index in [1.807, 2.05) is 58.3 Å². The maximum Gasteiger partial charge on any atom is 0.224 e. The Morgan fingerprint density at radius 2 is 1.96 bits per heavy atom. The van der Waals surface area contributed by atoms with Crippen LogP contribution in [0.5, 0.6) is 5.75 Å². The minimum absolute atomic E-state index is 0.624. The predicted octanol–water partition coefficient (Wildman–Crippen LogP) is 2.90. The van der Waals surface area contributed by atoms with Crippen molar-refractivity contribution in [1.82, 2.24) is 14.9 Å². The largest absolute Gasteiger partial charge is 0.492 e. The number of rotatable bonds is 8. The van der Waals surface area contributed by atoms with Gasteiger partial charge in [-0.1, -0.05) is 12.1 Å². The molecule has 0 spiro atoms. The summed E-state index contributed by atoms with van der Waals surface area (Å²) in [6, 6.07) is 9.75. The Balaban J connectivity index is 2.12. The van der Waals surface area contributed by atoms with Crippen LogP contribution < -0.4 is 15.4 Å². The van der Waals surface area contributed by atoms with Gasteiger partial charge in [0.2, 0.25) is 5.95 Å². The molecule has 2 rings (SSSR count). The molecular formula is C17H25N5O. The summed E-state index contributed by atoms with van der Waals surface area (Å²) in [6.45, 7) is 6.27. The molecule has 0 saturated carbocycles. The van der Waals surface area contributed by atoms with Gasteiger partial charge in [0.1, 0.15) is 11.6 Å². The highest BCUT2D eigenvalue weighted by molar-refractivity contribution is 5.64. The standard InChI is InChI=1S/C17H25N5O/c1-5-23-15-9-7-6-8-14(15)20-16-12-13(2)19-17(21-16)18-10-11-22(3)4/h6-9,12H,5,10-11H2,1-4H3,(H2,18,19,20,21). The molecule has 0 fully saturated rings. The molecule has 6 nitrogen and oxygen atoms in total. The highest BCUT2D eigenvalue weighted by Crippen LogP contribution is 2.27. The number of nitrogens with zero attached hydrogens (tertiary/aromatic N) is 3. The normalized spacial score (nSPS) is 10.7. The van der Waals surface area contributed by atoms with E-state index in [4.69, 9.17) is 4.74 Å². The lowest BCUT2D eigenvalue weighted by atomic mass is 10.3. The lowest BCUT2D eigenvalue weighted by Crippen LogP contribution is -2.21. The van der Waals surface area contributed by atoms with Gasteiger partial charge in [-0.15, -0.1) is 0 Å². The molecule has 6 heteroatoms. The molecule has 2 N–H and O–H groups in total. The minimum Gasteiger partial charge on any atom is -0.492 e. The van der Waals surface area contributed by atoms with Crippen molar-refractivity contribution in [2.75, 3.05) is 44.4 Å². The number of nitrogens with one attached hydrogen (secondary N) is 2. The van der Waals surface area contributed by atoms with Gasteiger partial charge in [-0.2, -0.15) is 4.98 Å². The zero-order valence-corrected chi connectivity index (χ0v) is 14.3. The number of aromatic nitrogens is 2. The van der Waals surface area contributed by atoms with Gasteiger partial charge in [-0.05, 0) is 40.1 Å². The molecule has 124 valence electrons. The van der Waals surface area contributed by atoms with Crippen LogP contribution in [0.2, 0.25) is 0 Å². The van der Waals surface area contributed by atoms with E-state index < -0.39 is 0 Å². The summed E-state index contributed by atoms with van der Waals surface area (Å²) in [5.74, 6) is 2.19. The average molecular weight is 315 g/mol. The first-order valence-electron chi connectivity index (χ1n) is 7.81. The van der Waals surface area contributed by atoms with E-state index >= 15 is 0 Å². The molecule has 1 heterocycles. The Kier molecular flexibility index (Phi) is 6.17. The van der Waals surface area contributed by atoms with Crippen LogP contribution in [-0.4, -0.2) is 48.7 Å². The van der Waals surface area contributed by atoms with E-state index in [-0.39, 0.29) is 0 Å². The monoisotopic (exact) mass is 315 g/mol. The fraction of sp³-hybridized carbons (Fsp3) is 0.412. The van der Waals surface area contributed by atoms with Crippen LogP contribution >= 0.6 is 0 Å². The Morgan fingerprint density at radius 3 is 2.70 bits per heavy atom. The molecule has 1 aromatic carbocycles. The summed E-state index contributed by atoms with van der Waals surface area (Å²) < 4.78 is 5.63. The van der Waals surface area contributed by atoms with E-state index in [2.05, 4.69) is 25.5 Å². The molecule has 0 saturated heterocycles. The van der Waals surface area contributed by atoms with E-state index in [9.17, 15) is 0 Å². The fourth-order valence-electron chi connectivity index (χ4n) is 2.09. The van der Waals surface area contributed by atoms with Crippen molar-refractivity contribution in [2.24, 2.45) is 0 Å². The summed E-state index contributed by atoms with van der Waals surface area (Å²) >= 11 is 0. The lowest BCUT2D eigenvalue weighted by Gasteiger charge is -2.14. The maximum atomic E-state index is 5.63. The lowest BCUT2D eigenvalue weighted by molar-refractivity contribution is 0.342. The van der Waals surface area contributed by atoms with Crippen molar-refractivity contribution < 1.29 is 4.74 Å². The molecule has 0 amide bonds. The van der Waals surface area contributed by atoms with Crippen LogP contribution in [0.25, 0.3) is 0 Å². The van der Waals surface area contributed by atoms with Crippen molar-refractivity contribution in [1.29, 1.82) is 0 Å². The zero-order chi connectivity index (χ0) is 16.7. The molecule has 0 aliphatic carbocycles. The van der Waals surface area contributed by atoms with Crippen molar-refractivity contribution in [3.05, 3.63) is 36.0 Å². The SMILES string of the molecule is CCOc1ccccc1Nc1cc(C)nc(NCCN(C)C)n1. The number of para-hydroxylation sites is 2. The molecule has 0 aliphatic heterocycles. The van der Waals surface area contributed by atoms with Gasteiger partial charge in [-0.3, -0.25) is 0 Å². The molecule has 0 aliphatic rings. The number of hydrogen-bond acceptors (Lipinski definition) is 6. The number of hydrogen-bond donors (Lipinski definition) is 2. The van der Waals surface area contributed by atoms with Crippen molar-refractivity contribution in [2.45, 2.75) is 13.8 Å². The van der Waals surface area contributed by atoms with Crippen molar-refractivity contribution >= 4 is 17.5 Å². The van der Waals surface area contributed by atoms with Gasteiger partial charge >= 0.3 is 0 Å². The van der Waals surface area contributed by atoms with Crippen LogP contribution in [0.15, 0.2) is 30.3 Å². The third-order valence-electron chi connectivity index (χ3n) is 3.15. The average Bonchev–Trinajstić information content (AvgIpc) is 2.48. The van der Waals surface area contributed by atoms with E-state index in [0.717, 1.165) is 36.0 Å². The molecule has 1 aromatic heterocycles. The highest BCUT2D eigenvalue weighted by Gasteiger charge is 2.06. The van der Waals surface area contributed by atoms with Gasteiger partial charge in [0.15, 0.2) is 0 Å². The Labute approximate surface area is 137 Å². The third-order valence-corrected chi connectivity index (χ3v) is 3.15. The van der Waals surface area contributed by atoms with Gasteiger partial charge < -0.3 is 20.3 Å².